The van der Waals surface area contributed by atoms with E-state index in [-0.39, 0.29) is 31.9 Å². The molecule has 0 aliphatic heterocycles. The van der Waals surface area contributed by atoms with Gasteiger partial charge in [-0.1, -0.05) is 19.1 Å². The summed E-state index contributed by atoms with van der Waals surface area (Å²) in [6.45, 7) is 4.11. The van der Waals surface area contributed by atoms with E-state index in [0.29, 0.717) is 0 Å². The molecular weight excluding hydrogens is 197 g/mol. The first-order valence-electron chi connectivity index (χ1n) is 2.74. The molecule has 10 heavy (non-hydrogen) atoms. The van der Waals surface area contributed by atoms with Crippen LogP contribution in [-0.4, -0.2) is 0 Å². The van der Waals surface area contributed by atoms with Gasteiger partial charge in [-0.05, 0) is 18.6 Å². The number of hydrogen-bond acceptors (Lipinski definition) is 0. The minimum Gasteiger partial charge on any atom is -1.00 e. The third kappa shape index (κ3) is 4.06. The molecule has 0 nitrogen and oxygen atoms in total. The van der Waals surface area contributed by atoms with Gasteiger partial charge in [0.1, 0.15) is 0 Å². The van der Waals surface area contributed by atoms with Crippen LogP contribution in [0.25, 0.3) is 0 Å². The first-order valence-corrected chi connectivity index (χ1v) is 2.74. The summed E-state index contributed by atoms with van der Waals surface area (Å²) in [6, 6.07) is 0. The van der Waals surface area contributed by atoms with Crippen molar-refractivity contribution in [3.05, 3.63) is 35.5 Å². The Bertz CT molecular complexity index is 176. The van der Waals surface area contributed by atoms with Crippen molar-refractivity contribution in [2.24, 2.45) is 0 Å². The van der Waals surface area contributed by atoms with E-state index in [9.17, 15) is 0 Å². The smallest absolute Gasteiger partial charge is 0.0241 e. The molecule has 0 N–H and O–H groups in total. The molecule has 2 heteroatoms. The first kappa shape index (κ1) is 12.8. The van der Waals surface area contributed by atoms with Crippen LogP contribution in [0.3, 0.4) is 0 Å². The van der Waals surface area contributed by atoms with Gasteiger partial charge in [-0.15, -0.1) is 5.73 Å². The minimum atomic E-state index is 0. The molecular formula is C8H9ClZn-. The molecule has 0 atom stereocenters. The van der Waals surface area contributed by atoms with Gasteiger partial charge in [0, 0.05) is 25.4 Å². The molecule has 1 rings (SSSR count). The van der Waals surface area contributed by atoms with Crippen molar-refractivity contribution in [2.45, 2.75) is 13.8 Å². The Labute approximate surface area is 81.3 Å². The second-order valence-electron chi connectivity index (χ2n) is 2.05. The van der Waals surface area contributed by atoms with Gasteiger partial charge in [0.05, 0.1) is 0 Å². The van der Waals surface area contributed by atoms with Crippen LogP contribution < -0.4 is 12.4 Å². The number of halogens is 1. The maximum absolute atomic E-state index is 3.10. The fourth-order valence-electron chi connectivity index (χ4n) is 0.580. The Morgan fingerprint density at radius 3 is 2.10 bits per heavy atom. The van der Waals surface area contributed by atoms with Gasteiger partial charge in [-0.25, -0.2) is 0 Å². The quantitative estimate of drug-likeness (QED) is 0.361. The Balaban J connectivity index is 0. The van der Waals surface area contributed by atoms with Gasteiger partial charge >= 0.3 is 0 Å². The summed E-state index contributed by atoms with van der Waals surface area (Å²) in [5.74, 6) is 1.27. The second kappa shape index (κ2) is 5.92. The number of hydrogen-bond donors (Lipinski definition) is 0. The largest absolute Gasteiger partial charge is 1.00 e. The molecule has 0 aromatic carbocycles. The van der Waals surface area contributed by atoms with E-state index < -0.39 is 0 Å². The van der Waals surface area contributed by atoms with Gasteiger partial charge in [-0.2, -0.15) is 0 Å². The normalized spacial score (nSPS) is 15.2. The SMILES string of the molecule is C[C]1C=C=C(C)C=C1.[Cl-].[Zn]. The Hall–Kier alpha value is 0.173. The van der Waals surface area contributed by atoms with Crippen LogP contribution in [0.5, 0.6) is 0 Å². The molecule has 0 bridgehead atoms. The van der Waals surface area contributed by atoms with Crippen molar-refractivity contribution in [3.8, 4) is 0 Å². The average molecular weight is 206 g/mol. The van der Waals surface area contributed by atoms with Crippen LogP contribution in [0.1, 0.15) is 13.8 Å². The van der Waals surface area contributed by atoms with Gasteiger partial charge in [-0.3, -0.25) is 0 Å². The number of allylic oxidation sites excluding steroid dienone is 3. The molecule has 0 aromatic rings. The monoisotopic (exact) mass is 204 g/mol. The summed E-state index contributed by atoms with van der Waals surface area (Å²) >= 11 is 0. The maximum Gasteiger partial charge on any atom is 0.0241 e. The summed E-state index contributed by atoms with van der Waals surface area (Å²) in [5, 5.41) is 0. The molecule has 51 valence electrons. The van der Waals surface area contributed by atoms with Crippen LogP contribution in [0.15, 0.2) is 29.5 Å². The molecule has 0 spiro atoms. The van der Waals surface area contributed by atoms with Crippen molar-refractivity contribution in [1.82, 2.24) is 0 Å². The van der Waals surface area contributed by atoms with Gasteiger partial charge in [0.25, 0.3) is 0 Å². The van der Waals surface area contributed by atoms with Crippen LogP contribution in [-0.2, 0) is 19.5 Å². The average Bonchev–Trinajstić information content (AvgIpc) is 1.77. The topological polar surface area (TPSA) is 0 Å². The third-order valence-electron chi connectivity index (χ3n) is 1.12. The third-order valence-corrected chi connectivity index (χ3v) is 1.12. The molecule has 0 saturated heterocycles. The number of rotatable bonds is 0. The zero-order valence-corrected chi connectivity index (χ0v) is 10.0. The predicted molar refractivity (Wildman–Crippen MR) is 35.3 cm³/mol. The van der Waals surface area contributed by atoms with Crippen LogP contribution in [0.2, 0.25) is 0 Å². The fraction of sp³-hybridized carbons (Fsp3) is 0.250. The summed E-state index contributed by atoms with van der Waals surface area (Å²) in [5.41, 5.74) is 4.30. The Kier molecular flexibility index (Phi) is 7.59. The summed E-state index contributed by atoms with van der Waals surface area (Å²) in [7, 11) is 0. The van der Waals surface area contributed by atoms with Crippen molar-refractivity contribution >= 4 is 0 Å². The van der Waals surface area contributed by atoms with E-state index in [0.717, 1.165) is 0 Å². The Morgan fingerprint density at radius 1 is 1.20 bits per heavy atom. The maximum atomic E-state index is 3.10. The molecule has 0 saturated carbocycles. The first-order chi connectivity index (χ1) is 3.79. The molecule has 0 aromatic heterocycles. The van der Waals surface area contributed by atoms with Crippen LogP contribution in [0, 0.1) is 5.92 Å². The fourth-order valence-corrected chi connectivity index (χ4v) is 0.580. The molecule has 0 unspecified atom stereocenters. The van der Waals surface area contributed by atoms with Crippen LogP contribution >= 0.6 is 0 Å². The molecule has 0 fully saturated rings. The molecule has 1 aliphatic carbocycles. The van der Waals surface area contributed by atoms with Gasteiger partial charge < -0.3 is 12.4 Å². The van der Waals surface area contributed by atoms with Gasteiger partial charge in [0.2, 0.25) is 0 Å². The molecule has 0 heterocycles. The second-order valence-corrected chi connectivity index (χ2v) is 2.05. The van der Waals surface area contributed by atoms with Crippen molar-refractivity contribution in [1.29, 1.82) is 0 Å². The van der Waals surface area contributed by atoms with E-state index in [1.54, 1.807) is 0 Å². The van der Waals surface area contributed by atoms with E-state index in [2.05, 4.69) is 24.8 Å². The van der Waals surface area contributed by atoms with Gasteiger partial charge in [0.15, 0.2) is 0 Å². The van der Waals surface area contributed by atoms with Crippen molar-refractivity contribution in [3.63, 3.8) is 0 Å². The summed E-state index contributed by atoms with van der Waals surface area (Å²) in [6.07, 6.45) is 6.15. The minimum absolute atomic E-state index is 0. The zero-order chi connectivity index (χ0) is 5.98. The van der Waals surface area contributed by atoms with Crippen molar-refractivity contribution in [2.75, 3.05) is 0 Å². The molecule has 1 radical (unpaired) electrons. The standard InChI is InChI=1S/C8H9.ClH.Zn/c1-7-3-5-8(2)6-4-7;;/h3-5H,1-2H3;1H;/p-1. The predicted octanol–water partition coefficient (Wildman–Crippen LogP) is -0.747. The van der Waals surface area contributed by atoms with Crippen LogP contribution in [0.4, 0.5) is 0 Å². The van der Waals surface area contributed by atoms with E-state index in [1.165, 1.54) is 11.5 Å². The van der Waals surface area contributed by atoms with E-state index in [4.69, 9.17) is 0 Å². The van der Waals surface area contributed by atoms with E-state index >= 15 is 0 Å². The van der Waals surface area contributed by atoms with Crippen molar-refractivity contribution < 1.29 is 31.9 Å². The van der Waals surface area contributed by atoms with E-state index in [1.807, 2.05) is 13.0 Å². The Morgan fingerprint density at radius 2 is 1.80 bits per heavy atom. The molecule has 1 aliphatic rings. The summed E-state index contributed by atoms with van der Waals surface area (Å²) in [4.78, 5) is 0. The zero-order valence-electron chi connectivity index (χ0n) is 6.32. The molecule has 0 amide bonds. The summed E-state index contributed by atoms with van der Waals surface area (Å²) < 4.78 is 0.